The molecule has 128 valence electrons. The van der Waals surface area contributed by atoms with Crippen molar-refractivity contribution in [2.24, 2.45) is 0 Å². The van der Waals surface area contributed by atoms with Crippen molar-refractivity contribution in [3.05, 3.63) is 59.7 Å². The summed E-state index contributed by atoms with van der Waals surface area (Å²) in [7, 11) is 0. The summed E-state index contributed by atoms with van der Waals surface area (Å²) >= 11 is 1.31. The minimum Gasteiger partial charge on any atom is -0.325 e. The summed E-state index contributed by atoms with van der Waals surface area (Å²) in [6, 6.07) is 15.6. The number of aryl methyl sites for hydroxylation is 2. The molecule has 0 fully saturated rings. The predicted octanol–water partition coefficient (Wildman–Crippen LogP) is 3.26. The lowest BCUT2D eigenvalue weighted by Gasteiger charge is -2.12. The van der Waals surface area contributed by atoms with Crippen molar-refractivity contribution < 1.29 is 4.79 Å². The fourth-order valence-electron chi connectivity index (χ4n) is 2.51. The number of nitrogens with zero attached hydrogens (tertiary/aromatic N) is 4. The molecule has 7 heteroatoms. The first kappa shape index (κ1) is 17.2. The van der Waals surface area contributed by atoms with Gasteiger partial charge in [0.15, 0.2) is 0 Å². The highest BCUT2D eigenvalue weighted by molar-refractivity contribution is 7.99. The average molecular weight is 353 g/mol. The SMILES string of the molecule is CCc1cccc(C)c1NC(=O)CSc1nnnn1-c1ccccc1. The maximum absolute atomic E-state index is 12.4. The second-order valence-corrected chi connectivity index (χ2v) is 6.45. The molecular formula is C18H19N5OS. The Labute approximate surface area is 150 Å². The van der Waals surface area contributed by atoms with Crippen LogP contribution in [-0.2, 0) is 11.2 Å². The molecule has 0 unspecified atom stereocenters. The Morgan fingerprint density at radius 3 is 2.72 bits per heavy atom. The fourth-order valence-corrected chi connectivity index (χ4v) is 3.20. The van der Waals surface area contributed by atoms with Gasteiger partial charge in [-0.1, -0.05) is 55.1 Å². The van der Waals surface area contributed by atoms with E-state index >= 15 is 0 Å². The van der Waals surface area contributed by atoms with Gasteiger partial charge in [0.1, 0.15) is 0 Å². The van der Waals surface area contributed by atoms with Gasteiger partial charge in [-0.25, -0.2) is 0 Å². The van der Waals surface area contributed by atoms with Crippen LogP contribution in [0.2, 0.25) is 0 Å². The first-order valence-corrected chi connectivity index (χ1v) is 9.02. The molecule has 0 aliphatic rings. The van der Waals surface area contributed by atoms with Gasteiger partial charge in [0, 0.05) is 5.69 Å². The number of para-hydroxylation sites is 2. The van der Waals surface area contributed by atoms with Gasteiger partial charge in [-0.2, -0.15) is 4.68 Å². The van der Waals surface area contributed by atoms with Gasteiger partial charge in [-0.05, 0) is 47.0 Å². The molecule has 6 nitrogen and oxygen atoms in total. The third kappa shape index (κ3) is 4.06. The van der Waals surface area contributed by atoms with Crippen LogP contribution in [0.5, 0.6) is 0 Å². The summed E-state index contributed by atoms with van der Waals surface area (Å²) < 4.78 is 1.63. The molecule has 1 heterocycles. The summed E-state index contributed by atoms with van der Waals surface area (Å²) in [5, 5.41) is 15.3. The third-order valence-electron chi connectivity index (χ3n) is 3.78. The standard InChI is InChI=1S/C18H19N5OS/c1-3-14-9-7-8-13(2)17(14)19-16(24)12-25-18-20-21-22-23(18)15-10-5-4-6-11-15/h4-11H,3,12H2,1-2H3,(H,19,24). The van der Waals surface area contributed by atoms with E-state index in [9.17, 15) is 4.79 Å². The smallest absolute Gasteiger partial charge is 0.234 e. The van der Waals surface area contributed by atoms with Crippen LogP contribution < -0.4 is 5.32 Å². The van der Waals surface area contributed by atoms with E-state index in [-0.39, 0.29) is 11.7 Å². The number of anilines is 1. The van der Waals surface area contributed by atoms with Crippen LogP contribution >= 0.6 is 11.8 Å². The molecule has 0 spiro atoms. The molecule has 0 saturated carbocycles. The summed E-state index contributed by atoms with van der Waals surface area (Å²) in [5.41, 5.74) is 3.96. The molecular weight excluding hydrogens is 334 g/mol. The molecule has 1 N–H and O–H groups in total. The quantitative estimate of drug-likeness (QED) is 0.689. The summed E-state index contributed by atoms with van der Waals surface area (Å²) in [6.07, 6.45) is 0.872. The highest BCUT2D eigenvalue weighted by Crippen LogP contribution is 2.22. The van der Waals surface area contributed by atoms with Crippen molar-refractivity contribution in [3.63, 3.8) is 0 Å². The van der Waals surface area contributed by atoms with E-state index in [0.717, 1.165) is 28.9 Å². The number of hydrogen-bond acceptors (Lipinski definition) is 5. The molecule has 0 atom stereocenters. The van der Waals surface area contributed by atoms with E-state index < -0.39 is 0 Å². The number of benzene rings is 2. The van der Waals surface area contributed by atoms with Gasteiger partial charge >= 0.3 is 0 Å². The first-order valence-electron chi connectivity index (χ1n) is 8.04. The second kappa shape index (κ2) is 7.94. The molecule has 0 aliphatic heterocycles. The first-order chi connectivity index (χ1) is 12.2. The molecule has 1 amide bonds. The van der Waals surface area contributed by atoms with E-state index in [1.165, 1.54) is 11.8 Å². The maximum atomic E-state index is 12.4. The number of amides is 1. The maximum Gasteiger partial charge on any atom is 0.234 e. The lowest BCUT2D eigenvalue weighted by molar-refractivity contribution is -0.113. The summed E-state index contributed by atoms with van der Waals surface area (Å²) in [4.78, 5) is 12.4. The van der Waals surface area contributed by atoms with Crippen LogP contribution in [0.3, 0.4) is 0 Å². The van der Waals surface area contributed by atoms with Crippen LogP contribution in [0.1, 0.15) is 18.1 Å². The topological polar surface area (TPSA) is 72.7 Å². The molecule has 0 saturated heterocycles. The monoisotopic (exact) mass is 353 g/mol. The average Bonchev–Trinajstić information content (AvgIpc) is 3.11. The van der Waals surface area contributed by atoms with Crippen LogP contribution in [0.4, 0.5) is 5.69 Å². The number of tetrazole rings is 1. The predicted molar refractivity (Wildman–Crippen MR) is 99.1 cm³/mol. The minimum atomic E-state index is -0.0726. The van der Waals surface area contributed by atoms with Crippen molar-refractivity contribution >= 4 is 23.4 Å². The van der Waals surface area contributed by atoms with Crippen molar-refractivity contribution in [3.8, 4) is 5.69 Å². The number of rotatable bonds is 6. The second-order valence-electron chi connectivity index (χ2n) is 5.51. The van der Waals surface area contributed by atoms with Crippen LogP contribution in [0, 0.1) is 6.92 Å². The highest BCUT2D eigenvalue weighted by atomic mass is 32.2. The van der Waals surface area contributed by atoms with Gasteiger partial charge in [0.2, 0.25) is 11.1 Å². The number of nitrogens with one attached hydrogen (secondary N) is 1. The Morgan fingerprint density at radius 1 is 1.16 bits per heavy atom. The molecule has 3 aromatic rings. The lowest BCUT2D eigenvalue weighted by atomic mass is 10.1. The van der Waals surface area contributed by atoms with Crippen molar-refractivity contribution in [2.75, 3.05) is 11.1 Å². The molecule has 2 aromatic carbocycles. The zero-order valence-corrected chi connectivity index (χ0v) is 15.0. The van der Waals surface area contributed by atoms with Gasteiger partial charge in [0.05, 0.1) is 11.4 Å². The highest BCUT2D eigenvalue weighted by Gasteiger charge is 2.13. The van der Waals surface area contributed by atoms with Crippen LogP contribution in [0.15, 0.2) is 53.7 Å². The van der Waals surface area contributed by atoms with Gasteiger partial charge in [-0.15, -0.1) is 5.10 Å². The summed E-state index contributed by atoms with van der Waals surface area (Å²) in [6.45, 7) is 4.07. The number of aromatic nitrogens is 4. The van der Waals surface area contributed by atoms with Crippen LogP contribution in [-0.4, -0.2) is 31.9 Å². The van der Waals surface area contributed by atoms with E-state index in [2.05, 4.69) is 27.8 Å². The number of carbonyl (C=O) groups excluding carboxylic acids is 1. The van der Waals surface area contributed by atoms with Gasteiger partial charge < -0.3 is 5.32 Å². The number of thioether (sulfide) groups is 1. The Balaban J connectivity index is 1.68. The van der Waals surface area contributed by atoms with Gasteiger partial charge in [-0.3, -0.25) is 4.79 Å². The Kier molecular flexibility index (Phi) is 5.45. The molecule has 1 aromatic heterocycles. The zero-order valence-electron chi connectivity index (χ0n) is 14.1. The van der Waals surface area contributed by atoms with Crippen molar-refractivity contribution in [1.29, 1.82) is 0 Å². The van der Waals surface area contributed by atoms with Gasteiger partial charge in [0.25, 0.3) is 0 Å². The normalized spacial score (nSPS) is 10.6. The molecule has 0 bridgehead atoms. The largest absolute Gasteiger partial charge is 0.325 e. The zero-order chi connectivity index (χ0) is 17.6. The van der Waals surface area contributed by atoms with E-state index in [1.54, 1.807) is 4.68 Å². The molecule has 0 radical (unpaired) electrons. The Bertz CT molecular complexity index is 863. The Hall–Kier alpha value is -2.67. The Morgan fingerprint density at radius 2 is 1.96 bits per heavy atom. The number of carbonyl (C=O) groups is 1. The number of hydrogen-bond donors (Lipinski definition) is 1. The fraction of sp³-hybridized carbons (Fsp3) is 0.222. The van der Waals surface area contributed by atoms with E-state index in [0.29, 0.717) is 5.16 Å². The molecule has 0 aliphatic carbocycles. The molecule has 25 heavy (non-hydrogen) atoms. The molecule has 3 rings (SSSR count). The summed E-state index contributed by atoms with van der Waals surface area (Å²) in [5.74, 6) is 0.168. The third-order valence-corrected chi connectivity index (χ3v) is 4.70. The lowest BCUT2D eigenvalue weighted by Crippen LogP contribution is -2.16. The van der Waals surface area contributed by atoms with Crippen molar-refractivity contribution in [1.82, 2.24) is 20.2 Å². The van der Waals surface area contributed by atoms with Crippen molar-refractivity contribution in [2.45, 2.75) is 25.4 Å². The van der Waals surface area contributed by atoms with Crippen LogP contribution in [0.25, 0.3) is 5.69 Å². The van der Waals surface area contributed by atoms with E-state index in [1.807, 2.05) is 55.5 Å². The van der Waals surface area contributed by atoms with E-state index in [4.69, 9.17) is 0 Å². The minimum absolute atomic E-state index is 0.0726.